The molecule has 1 heterocycles. The molecule has 8 nitrogen and oxygen atoms in total. The van der Waals surface area contributed by atoms with Gasteiger partial charge in [-0.05, 0) is 56.5 Å². The lowest BCUT2D eigenvalue weighted by atomic mass is 10.1. The number of pyridine rings is 1. The van der Waals surface area contributed by atoms with Gasteiger partial charge in [-0.3, -0.25) is 14.8 Å². The number of aryl methyl sites for hydroxylation is 1. The van der Waals surface area contributed by atoms with Crippen LogP contribution in [-0.4, -0.2) is 41.2 Å². The van der Waals surface area contributed by atoms with Gasteiger partial charge in [0.25, 0.3) is 11.5 Å². The Morgan fingerprint density at radius 2 is 1.83 bits per heavy atom. The van der Waals surface area contributed by atoms with E-state index < -0.39 is 20.5 Å². The fraction of sp³-hybridized carbons (Fsp3) is 0.400. The molecule has 2 rings (SSSR count). The first-order valence-corrected chi connectivity index (χ1v) is 11.0. The summed E-state index contributed by atoms with van der Waals surface area (Å²) in [6.07, 6.45) is 2.37. The molecule has 9 heteroatoms. The highest BCUT2D eigenvalue weighted by atomic mass is 32.2. The van der Waals surface area contributed by atoms with Crippen molar-refractivity contribution in [2.24, 2.45) is 0 Å². The van der Waals surface area contributed by atoms with Crippen LogP contribution >= 0.6 is 0 Å². The number of hydrogen-bond donors (Lipinski definition) is 2. The molecule has 158 valence electrons. The van der Waals surface area contributed by atoms with E-state index in [-0.39, 0.29) is 24.6 Å². The van der Waals surface area contributed by atoms with Crippen LogP contribution in [0.15, 0.2) is 47.4 Å². The van der Waals surface area contributed by atoms with Crippen LogP contribution in [0.25, 0.3) is 11.1 Å². The summed E-state index contributed by atoms with van der Waals surface area (Å²) in [7, 11) is -3.82. The van der Waals surface area contributed by atoms with E-state index in [2.05, 4.69) is 0 Å². The molecule has 0 saturated carbocycles. The van der Waals surface area contributed by atoms with Crippen molar-refractivity contribution in [2.45, 2.75) is 44.6 Å². The van der Waals surface area contributed by atoms with Crippen molar-refractivity contribution in [1.29, 1.82) is 0 Å². The van der Waals surface area contributed by atoms with E-state index in [0.29, 0.717) is 5.56 Å². The average molecular weight is 423 g/mol. The van der Waals surface area contributed by atoms with Crippen LogP contribution in [0.4, 0.5) is 0 Å². The van der Waals surface area contributed by atoms with Gasteiger partial charge >= 0.3 is 0 Å². The summed E-state index contributed by atoms with van der Waals surface area (Å²) in [5.41, 5.74) is 2.61. The molecule has 0 fully saturated rings. The second-order valence-electron chi connectivity index (χ2n) is 7.33. The number of rotatable bonds is 8. The maximum Gasteiger partial charge on any atom is 0.264 e. The average Bonchev–Trinajstić information content (AvgIpc) is 2.65. The monoisotopic (exact) mass is 422 g/mol. The first kappa shape index (κ1) is 22.6. The molecule has 2 N–H and O–H groups in total. The molecule has 0 bridgehead atoms. The Morgan fingerprint density at radius 1 is 1.21 bits per heavy atom. The highest BCUT2D eigenvalue weighted by Crippen LogP contribution is 2.24. The van der Waals surface area contributed by atoms with Crippen LogP contribution < -0.4 is 15.8 Å². The third-order valence-corrected chi connectivity index (χ3v) is 6.81. The molecule has 2 aromatic rings. The molecule has 0 spiro atoms. The van der Waals surface area contributed by atoms with E-state index >= 15 is 0 Å². The maximum atomic E-state index is 12.5. The smallest absolute Gasteiger partial charge is 0.264 e. The zero-order valence-corrected chi connectivity index (χ0v) is 17.7. The Labute approximate surface area is 170 Å². The Morgan fingerprint density at radius 3 is 2.31 bits per heavy atom. The molecule has 1 amide bonds. The van der Waals surface area contributed by atoms with Crippen molar-refractivity contribution in [3.63, 3.8) is 0 Å². The summed E-state index contributed by atoms with van der Waals surface area (Å²) < 4.78 is 29.1. The highest BCUT2D eigenvalue weighted by Gasteiger charge is 2.43. The van der Waals surface area contributed by atoms with Gasteiger partial charge in [-0.25, -0.2) is 13.9 Å². The number of sulfone groups is 1. The molecule has 1 aromatic heterocycles. The highest BCUT2D eigenvalue weighted by molar-refractivity contribution is 7.92. The summed E-state index contributed by atoms with van der Waals surface area (Å²) >= 11 is 0. The van der Waals surface area contributed by atoms with Gasteiger partial charge in [-0.15, -0.1) is 0 Å². The lowest BCUT2D eigenvalue weighted by molar-refractivity contribution is -0.131. The minimum absolute atomic E-state index is 0.00271. The number of nitrogens with one attached hydrogen (secondary N) is 1. The summed E-state index contributed by atoms with van der Waals surface area (Å²) in [5.74, 6) is -0.298. The van der Waals surface area contributed by atoms with Crippen LogP contribution in [0.1, 0.15) is 27.2 Å². The molecule has 1 unspecified atom stereocenters. The number of carbonyl (C=O) groups is 1. The number of amides is 1. The number of hydroxylamine groups is 1. The molecule has 0 saturated heterocycles. The number of carbonyl (C=O) groups excluding carboxylic acids is 1. The third-order valence-electron chi connectivity index (χ3n) is 4.79. The van der Waals surface area contributed by atoms with Crippen LogP contribution in [0, 0.1) is 0 Å². The number of aromatic nitrogens is 1. The second-order valence-corrected chi connectivity index (χ2v) is 9.78. The zero-order chi connectivity index (χ0) is 21.8. The van der Waals surface area contributed by atoms with Crippen LogP contribution in [-0.2, 0) is 21.2 Å². The van der Waals surface area contributed by atoms with Crippen molar-refractivity contribution >= 4 is 15.7 Å². The molecule has 0 radical (unpaired) electrons. The number of nitrogens with zero attached hydrogens (tertiary/aromatic N) is 1. The lowest BCUT2D eigenvalue weighted by Crippen LogP contribution is -2.49. The first-order valence-electron chi connectivity index (χ1n) is 9.09. The van der Waals surface area contributed by atoms with Gasteiger partial charge in [0, 0.05) is 25.1 Å². The first-order chi connectivity index (χ1) is 13.5. The van der Waals surface area contributed by atoms with Crippen molar-refractivity contribution in [2.75, 3.05) is 6.26 Å². The quantitative estimate of drug-likeness (QED) is 0.497. The lowest BCUT2D eigenvalue weighted by Gasteiger charge is -2.25. The minimum Gasteiger partial charge on any atom is -0.491 e. The van der Waals surface area contributed by atoms with E-state index in [1.807, 2.05) is 38.1 Å². The van der Waals surface area contributed by atoms with Gasteiger partial charge in [-0.2, -0.15) is 0 Å². The van der Waals surface area contributed by atoms with Gasteiger partial charge in [0.15, 0.2) is 14.6 Å². The Hall–Kier alpha value is -2.65. The molecule has 0 aliphatic heterocycles. The summed E-state index contributed by atoms with van der Waals surface area (Å²) in [6.45, 7) is 5.09. The second kappa shape index (κ2) is 8.79. The molecule has 29 heavy (non-hydrogen) atoms. The van der Waals surface area contributed by atoms with Gasteiger partial charge < -0.3 is 9.30 Å². The van der Waals surface area contributed by atoms with Crippen LogP contribution in [0.2, 0.25) is 0 Å². The normalized spacial score (nSPS) is 13.7. The molecule has 0 aliphatic rings. The van der Waals surface area contributed by atoms with Crippen molar-refractivity contribution in [3.05, 3.63) is 52.9 Å². The van der Waals surface area contributed by atoms with E-state index in [1.54, 1.807) is 12.3 Å². The fourth-order valence-electron chi connectivity index (χ4n) is 2.79. The predicted molar refractivity (Wildman–Crippen MR) is 110 cm³/mol. The minimum atomic E-state index is -3.82. The molecular weight excluding hydrogens is 396 g/mol. The molecular formula is C20H26N2O6S. The summed E-state index contributed by atoms with van der Waals surface area (Å²) in [4.78, 5) is 24.4. The Balaban J connectivity index is 2.21. The largest absolute Gasteiger partial charge is 0.491 e. The molecule has 1 aromatic carbocycles. The van der Waals surface area contributed by atoms with Gasteiger partial charge in [0.2, 0.25) is 0 Å². The van der Waals surface area contributed by atoms with E-state index in [4.69, 9.17) is 9.94 Å². The van der Waals surface area contributed by atoms with Gasteiger partial charge in [0.1, 0.15) is 5.75 Å². The third kappa shape index (κ3) is 5.24. The SMILES string of the molecule is CC(C)Oc1ccc(-c2ccn(CCC(C)(C(=O)NO)S(C)(=O)=O)c(=O)c2)cc1. The predicted octanol–water partition coefficient (Wildman–Crippen LogP) is 2.00. The van der Waals surface area contributed by atoms with E-state index in [1.165, 1.54) is 23.0 Å². The molecule has 1 atom stereocenters. The number of hydrogen-bond acceptors (Lipinski definition) is 6. The Kier molecular flexibility index (Phi) is 6.86. The van der Waals surface area contributed by atoms with E-state index in [0.717, 1.165) is 17.6 Å². The van der Waals surface area contributed by atoms with E-state index in [9.17, 15) is 18.0 Å². The Bertz CT molecular complexity index is 1030. The number of benzene rings is 1. The summed E-state index contributed by atoms with van der Waals surface area (Å²) in [6, 6.07) is 10.5. The van der Waals surface area contributed by atoms with Crippen molar-refractivity contribution in [1.82, 2.24) is 10.0 Å². The van der Waals surface area contributed by atoms with Crippen LogP contribution in [0.5, 0.6) is 5.75 Å². The maximum absolute atomic E-state index is 12.5. The standard InChI is InChI=1S/C20H26N2O6S/c1-14(2)28-17-7-5-15(6-8-17)16-9-11-22(18(23)13-16)12-10-20(3,19(24)21-25)29(4,26)27/h5-9,11,13-14,25H,10,12H2,1-4H3,(H,21,24). The molecule has 0 aliphatic carbocycles. The van der Waals surface area contributed by atoms with Crippen LogP contribution in [0.3, 0.4) is 0 Å². The van der Waals surface area contributed by atoms with Gasteiger partial charge in [0.05, 0.1) is 6.10 Å². The zero-order valence-electron chi connectivity index (χ0n) is 16.9. The topological polar surface area (TPSA) is 115 Å². The van der Waals surface area contributed by atoms with Gasteiger partial charge in [-0.1, -0.05) is 12.1 Å². The van der Waals surface area contributed by atoms with Crippen molar-refractivity contribution in [3.8, 4) is 16.9 Å². The number of ether oxygens (including phenoxy) is 1. The summed E-state index contributed by atoms with van der Waals surface area (Å²) in [5, 5.41) is 8.87. The fourth-order valence-corrected chi connectivity index (χ4v) is 3.63. The van der Waals surface area contributed by atoms with Crippen molar-refractivity contribution < 1.29 is 23.2 Å².